The smallest absolute Gasteiger partial charge is 0.441 e. The third-order valence-electron chi connectivity index (χ3n) is 3.93. The number of hydrogen-bond donors (Lipinski definition) is 1. The van der Waals surface area contributed by atoms with Crippen LogP contribution < -0.4 is 5.48 Å². The molecule has 0 bridgehead atoms. The summed E-state index contributed by atoms with van der Waals surface area (Å²) in [6.07, 6.45) is -0.347. The molecule has 1 aromatic carbocycles. The maximum absolute atomic E-state index is 12.1. The molecule has 0 spiro atoms. The van der Waals surface area contributed by atoms with Crippen LogP contribution >= 0.6 is 0 Å². The average molecular weight is 378 g/mol. The fraction of sp³-hybridized carbons (Fsp3) is 0.526. The minimum Gasteiger partial charge on any atom is -0.445 e. The molecular weight excluding hydrogens is 352 g/mol. The summed E-state index contributed by atoms with van der Waals surface area (Å²) in [6, 6.07) is 9.42. The molecule has 8 nitrogen and oxygen atoms in total. The quantitative estimate of drug-likeness (QED) is 0.642. The van der Waals surface area contributed by atoms with Crippen molar-refractivity contribution in [3.63, 3.8) is 0 Å². The van der Waals surface area contributed by atoms with Gasteiger partial charge in [-0.2, -0.15) is 0 Å². The highest BCUT2D eigenvalue weighted by atomic mass is 16.7. The number of likely N-dealkylation sites (tertiary alicyclic amines) is 1. The molecule has 0 atom stereocenters. The largest absolute Gasteiger partial charge is 0.445 e. The van der Waals surface area contributed by atoms with E-state index in [1.807, 2.05) is 35.8 Å². The fourth-order valence-corrected chi connectivity index (χ4v) is 2.58. The van der Waals surface area contributed by atoms with Crippen LogP contribution in [0.2, 0.25) is 0 Å². The van der Waals surface area contributed by atoms with Gasteiger partial charge in [0.05, 0.1) is 5.92 Å². The number of rotatable bonds is 3. The second kappa shape index (κ2) is 9.25. The van der Waals surface area contributed by atoms with Crippen molar-refractivity contribution in [1.29, 1.82) is 0 Å². The molecule has 2 rings (SSSR count). The lowest BCUT2D eigenvalue weighted by Gasteiger charge is -2.30. The maximum Gasteiger partial charge on any atom is 0.441 e. The number of ether oxygens (including phenoxy) is 2. The van der Waals surface area contributed by atoms with Gasteiger partial charge in [0.25, 0.3) is 0 Å². The molecule has 0 unspecified atom stereocenters. The Labute approximate surface area is 158 Å². The highest BCUT2D eigenvalue weighted by Crippen LogP contribution is 2.19. The lowest BCUT2D eigenvalue weighted by atomic mass is 9.97. The number of carbonyl (C=O) groups is 3. The molecule has 1 N–H and O–H groups in total. The number of hydroxylamine groups is 1. The predicted molar refractivity (Wildman–Crippen MR) is 96.4 cm³/mol. The molecule has 0 aromatic heterocycles. The van der Waals surface area contributed by atoms with Gasteiger partial charge in [0.1, 0.15) is 12.2 Å². The summed E-state index contributed by atoms with van der Waals surface area (Å²) >= 11 is 0. The Kier molecular flexibility index (Phi) is 7.04. The molecule has 0 aliphatic carbocycles. The van der Waals surface area contributed by atoms with Gasteiger partial charge in [0.2, 0.25) is 0 Å². The molecule has 0 radical (unpaired) electrons. The van der Waals surface area contributed by atoms with E-state index in [2.05, 4.69) is 0 Å². The van der Waals surface area contributed by atoms with Crippen molar-refractivity contribution in [2.24, 2.45) is 5.92 Å². The van der Waals surface area contributed by atoms with Gasteiger partial charge < -0.3 is 19.2 Å². The molecule has 148 valence electrons. The molecule has 1 aliphatic rings. The Hall–Kier alpha value is -2.77. The van der Waals surface area contributed by atoms with E-state index in [-0.39, 0.29) is 6.61 Å². The van der Waals surface area contributed by atoms with Crippen LogP contribution in [0.15, 0.2) is 30.3 Å². The van der Waals surface area contributed by atoms with E-state index in [1.165, 1.54) is 0 Å². The number of carbonyl (C=O) groups excluding carboxylic acids is 3. The second-order valence-electron chi connectivity index (χ2n) is 7.33. The lowest BCUT2D eigenvalue weighted by molar-refractivity contribution is -0.157. The highest BCUT2D eigenvalue weighted by molar-refractivity contribution is 5.76. The van der Waals surface area contributed by atoms with Crippen LogP contribution in [-0.2, 0) is 25.7 Å². The van der Waals surface area contributed by atoms with Gasteiger partial charge in [-0.15, -0.1) is 5.48 Å². The van der Waals surface area contributed by atoms with Gasteiger partial charge in [-0.05, 0) is 39.2 Å². The number of nitrogens with zero attached hydrogens (tertiary/aromatic N) is 1. The van der Waals surface area contributed by atoms with Crippen molar-refractivity contribution >= 4 is 18.2 Å². The molecule has 1 saturated heterocycles. The molecule has 1 aliphatic heterocycles. The van der Waals surface area contributed by atoms with Crippen molar-refractivity contribution < 1.29 is 28.7 Å². The zero-order valence-corrected chi connectivity index (χ0v) is 15.9. The molecular formula is C19H26N2O6. The first-order valence-corrected chi connectivity index (χ1v) is 8.90. The zero-order valence-electron chi connectivity index (χ0n) is 15.9. The van der Waals surface area contributed by atoms with Crippen LogP contribution in [0.3, 0.4) is 0 Å². The van der Waals surface area contributed by atoms with E-state index < -0.39 is 29.7 Å². The summed E-state index contributed by atoms with van der Waals surface area (Å²) in [5.74, 6) is -0.934. The Balaban J connectivity index is 1.68. The van der Waals surface area contributed by atoms with Gasteiger partial charge in [0, 0.05) is 13.1 Å². The van der Waals surface area contributed by atoms with E-state index in [9.17, 15) is 14.4 Å². The number of piperidine rings is 1. The Morgan fingerprint density at radius 1 is 1.11 bits per heavy atom. The fourth-order valence-electron chi connectivity index (χ4n) is 2.58. The van der Waals surface area contributed by atoms with Crippen molar-refractivity contribution in [2.75, 3.05) is 13.1 Å². The van der Waals surface area contributed by atoms with Crippen molar-refractivity contribution in [1.82, 2.24) is 10.4 Å². The summed E-state index contributed by atoms with van der Waals surface area (Å²) in [5, 5.41) is 0. The van der Waals surface area contributed by atoms with E-state index in [0.717, 1.165) is 5.56 Å². The summed E-state index contributed by atoms with van der Waals surface area (Å²) < 4.78 is 10.3. The second-order valence-corrected chi connectivity index (χ2v) is 7.33. The third kappa shape index (κ3) is 7.16. The minimum atomic E-state index is -0.822. The van der Waals surface area contributed by atoms with Gasteiger partial charge in [0.15, 0.2) is 0 Å². The van der Waals surface area contributed by atoms with Crippen molar-refractivity contribution in [3.05, 3.63) is 35.9 Å². The van der Waals surface area contributed by atoms with Gasteiger partial charge in [-0.3, -0.25) is 0 Å². The molecule has 0 saturated carbocycles. The Bertz CT molecular complexity index is 648. The Morgan fingerprint density at radius 3 is 2.33 bits per heavy atom. The summed E-state index contributed by atoms with van der Waals surface area (Å²) in [7, 11) is 0. The average Bonchev–Trinajstić information content (AvgIpc) is 2.64. The lowest BCUT2D eigenvalue weighted by Crippen LogP contribution is -2.42. The zero-order chi connectivity index (χ0) is 19.9. The van der Waals surface area contributed by atoms with Crippen molar-refractivity contribution in [2.45, 2.75) is 45.8 Å². The summed E-state index contributed by atoms with van der Waals surface area (Å²) in [6.45, 7) is 6.12. The van der Waals surface area contributed by atoms with Crippen molar-refractivity contribution in [3.8, 4) is 0 Å². The third-order valence-corrected chi connectivity index (χ3v) is 3.93. The first kappa shape index (κ1) is 20.5. The number of nitrogens with one attached hydrogen (secondary N) is 1. The van der Waals surface area contributed by atoms with Crippen LogP contribution in [-0.4, -0.2) is 41.7 Å². The van der Waals surface area contributed by atoms with Crippen LogP contribution in [0.5, 0.6) is 0 Å². The number of hydrogen-bond acceptors (Lipinski definition) is 6. The van der Waals surface area contributed by atoms with Crippen LogP contribution in [0, 0.1) is 5.92 Å². The van der Waals surface area contributed by atoms with Crippen LogP contribution in [0.1, 0.15) is 39.2 Å². The van der Waals surface area contributed by atoms with E-state index in [0.29, 0.717) is 25.9 Å². The van der Waals surface area contributed by atoms with Crippen LogP contribution in [0.25, 0.3) is 0 Å². The molecule has 8 heteroatoms. The van der Waals surface area contributed by atoms with E-state index in [4.69, 9.17) is 14.3 Å². The maximum atomic E-state index is 12.1. The minimum absolute atomic E-state index is 0.210. The number of amides is 2. The van der Waals surface area contributed by atoms with Gasteiger partial charge in [-0.25, -0.2) is 14.4 Å². The molecule has 1 aromatic rings. The van der Waals surface area contributed by atoms with Crippen LogP contribution in [0.4, 0.5) is 9.59 Å². The summed E-state index contributed by atoms with van der Waals surface area (Å²) in [5.41, 5.74) is 2.23. The molecule has 2 amide bonds. The van der Waals surface area contributed by atoms with Gasteiger partial charge in [-0.1, -0.05) is 30.3 Å². The monoisotopic (exact) mass is 378 g/mol. The normalized spacial score (nSPS) is 15.0. The van der Waals surface area contributed by atoms with Gasteiger partial charge >= 0.3 is 18.2 Å². The first-order valence-electron chi connectivity index (χ1n) is 8.90. The SMILES string of the molecule is CC(C)(C)OC(=O)NOC(=O)C1CCN(C(=O)OCc2ccccc2)CC1. The summed E-state index contributed by atoms with van der Waals surface area (Å²) in [4.78, 5) is 42.0. The molecule has 27 heavy (non-hydrogen) atoms. The number of benzene rings is 1. The first-order chi connectivity index (χ1) is 12.7. The standard InChI is InChI=1S/C19H26N2O6/c1-19(2,3)26-17(23)20-27-16(22)15-9-11-21(12-10-15)18(24)25-13-14-7-5-4-6-8-14/h4-8,15H,9-13H2,1-3H3,(H,20,23). The van der Waals surface area contributed by atoms with E-state index in [1.54, 1.807) is 25.7 Å². The highest BCUT2D eigenvalue weighted by Gasteiger charge is 2.30. The van der Waals surface area contributed by atoms with E-state index >= 15 is 0 Å². The molecule has 1 fully saturated rings. The molecule has 1 heterocycles. The Morgan fingerprint density at radius 2 is 1.74 bits per heavy atom. The topological polar surface area (TPSA) is 94.2 Å². The predicted octanol–water partition coefficient (Wildman–Crippen LogP) is 3.02.